The number of aromatic nitrogens is 2. The number of anilines is 1. The van der Waals surface area contributed by atoms with Crippen LogP contribution in [0.5, 0.6) is 0 Å². The Morgan fingerprint density at radius 1 is 1.03 bits per heavy atom. The van der Waals surface area contributed by atoms with Crippen LogP contribution in [0.2, 0.25) is 0 Å². The third kappa shape index (κ3) is 6.64. The van der Waals surface area contributed by atoms with Gasteiger partial charge in [-0.15, -0.1) is 0 Å². The quantitative estimate of drug-likeness (QED) is 0.394. The van der Waals surface area contributed by atoms with E-state index in [9.17, 15) is 9.59 Å². The molecule has 0 bridgehead atoms. The van der Waals surface area contributed by atoms with E-state index in [2.05, 4.69) is 56.3 Å². The molecule has 8 heteroatoms. The van der Waals surface area contributed by atoms with Crippen LogP contribution in [-0.2, 0) is 11.2 Å². The van der Waals surface area contributed by atoms with Gasteiger partial charge in [-0.3, -0.25) is 14.9 Å². The fourth-order valence-corrected chi connectivity index (χ4v) is 4.82. The van der Waals surface area contributed by atoms with Gasteiger partial charge in [-0.05, 0) is 86.5 Å². The molecule has 0 spiro atoms. The van der Waals surface area contributed by atoms with Gasteiger partial charge in [-0.25, -0.2) is 9.97 Å². The molecule has 0 unspecified atom stereocenters. The number of hydrogen-bond donors (Lipinski definition) is 3. The summed E-state index contributed by atoms with van der Waals surface area (Å²) in [5.74, 6) is 1.55. The standard InChI is InChI=1S/C24H29N5O2S/c30-22-21(32-24(31)29-22)14-20-11-13-26-23(28-20)27-16-19-8-6-18(7-9-19)15-25-12-10-17-4-2-1-3-5-17/h1-5,11,13-14,18-19,25H,6-10,12,15-16H2,(H,26,27,28)(H,29,30,31)/b21-14-/t18-,19-. The Morgan fingerprint density at radius 2 is 1.78 bits per heavy atom. The Kier molecular flexibility index (Phi) is 7.90. The zero-order chi connectivity index (χ0) is 22.2. The van der Waals surface area contributed by atoms with Crippen molar-refractivity contribution < 1.29 is 9.59 Å². The lowest BCUT2D eigenvalue weighted by atomic mass is 9.82. The summed E-state index contributed by atoms with van der Waals surface area (Å²) in [6.07, 6.45) is 9.28. The summed E-state index contributed by atoms with van der Waals surface area (Å²) in [5.41, 5.74) is 2.00. The van der Waals surface area contributed by atoms with Gasteiger partial charge in [0.25, 0.3) is 11.1 Å². The number of nitrogens with zero attached hydrogens (tertiary/aromatic N) is 2. The minimum absolute atomic E-state index is 0.351. The van der Waals surface area contributed by atoms with Crippen molar-refractivity contribution in [3.8, 4) is 0 Å². The number of hydrogen-bond acceptors (Lipinski definition) is 7. The van der Waals surface area contributed by atoms with Crippen molar-refractivity contribution in [1.29, 1.82) is 0 Å². The van der Waals surface area contributed by atoms with Crippen LogP contribution in [0.4, 0.5) is 10.7 Å². The van der Waals surface area contributed by atoms with Crippen LogP contribution < -0.4 is 16.0 Å². The van der Waals surface area contributed by atoms with Crippen LogP contribution in [0.15, 0.2) is 47.5 Å². The maximum absolute atomic E-state index is 11.7. The Balaban J connectivity index is 1.16. The van der Waals surface area contributed by atoms with Crippen LogP contribution in [0.3, 0.4) is 0 Å². The Labute approximate surface area is 192 Å². The maximum Gasteiger partial charge on any atom is 0.290 e. The molecule has 2 aromatic rings. The zero-order valence-corrected chi connectivity index (χ0v) is 18.9. The van der Waals surface area contributed by atoms with Crippen molar-refractivity contribution >= 4 is 34.9 Å². The molecule has 1 aliphatic carbocycles. The average molecular weight is 452 g/mol. The number of benzene rings is 1. The summed E-state index contributed by atoms with van der Waals surface area (Å²) >= 11 is 0.892. The van der Waals surface area contributed by atoms with E-state index >= 15 is 0 Å². The molecular formula is C24H29N5O2S. The normalized spacial score (nSPS) is 22.2. The van der Waals surface area contributed by atoms with Crippen LogP contribution >= 0.6 is 11.8 Å². The van der Waals surface area contributed by atoms with Gasteiger partial charge in [0, 0.05) is 12.7 Å². The highest BCUT2D eigenvalue weighted by Crippen LogP contribution is 2.29. The van der Waals surface area contributed by atoms with E-state index in [0.717, 1.165) is 43.7 Å². The fourth-order valence-electron chi connectivity index (χ4n) is 4.15. The molecule has 32 heavy (non-hydrogen) atoms. The SMILES string of the molecule is O=C1NC(=O)/C(=C/c2ccnc(NC[C@H]3CC[C@H](CNCCc4ccccc4)CC3)n2)S1. The molecule has 3 N–H and O–H groups in total. The number of imide groups is 1. The molecule has 7 nitrogen and oxygen atoms in total. The maximum atomic E-state index is 11.7. The highest BCUT2D eigenvalue weighted by molar-refractivity contribution is 8.18. The van der Waals surface area contributed by atoms with E-state index in [4.69, 9.17) is 0 Å². The monoisotopic (exact) mass is 451 g/mol. The second kappa shape index (κ2) is 11.2. The molecule has 2 amide bonds. The molecule has 1 saturated carbocycles. The summed E-state index contributed by atoms with van der Waals surface area (Å²) in [7, 11) is 0. The fraction of sp³-hybridized carbons (Fsp3) is 0.417. The summed E-state index contributed by atoms with van der Waals surface area (Å²) in [6, 6.07) is 12.3. The van der Waals surface area contributed by atoms with Gasteiger partial charge >= 0.3 is 0 Å². The van der Waals surface area contributed by atoms with Gasteiger partial charge in [-0.2, -0.15) is 0 Å². The number of carbonyl (C=O) groups excluding carboxylic acids is 2. The summed E-state index contributed by atoms with van der Waals surface area (Å²) in [5, 5.41) is 8.87. The van der Waals surface area contributed by atoms with E-state index < -0.39 is 0 Å². The first-order valence-electron chi connectivity index (χ1n) is 11.2. The van der Waals surface area contributed by atoms with Crippen LogP contribution in [0.25, 0.3) is 6.08 Å². The van der Waals surface area contributed by atoms with Gasteiger partial charge in [0.1, 0.15) is 0 Å². The van der Waals surface area contributed by atoms with Crippen molar-refractivity contribution in [2.75, 3.05) is 25.0 Å². The molecule has 4 rings (SSSR count). The van der Waals surface area contributed by atoms with E-state index in [1.54, 1.807) is 18.3 Å². The number of amides is 2. The predicted molar refractivity (Wildman–Crippen MR) is 128 cm³/mol. The van der Waals surface area contributed by atoms with Crippen molar-refractivity contribution in [2.45, 2.75) is 32.1 Å². The largest absolute Gasteiger partial charge is 0.354 e. The molecule has 1 aliphatic heterocycles. The lowest BCUT2D eigenvalue weighted by Gasteiger charge is -2.28. The number of nitrogens with one attached hydrogen (secondary N) is 3. The van der Waals surface area contributed by atoms with Crippen LogP contribution in [-0.4, -0.2) is 40.7 Å². The molecule has 2 aliphatic rings. The van der Waals surface area contributed by atoms with E-state index in [1.165, 1.54) is 31.2 Å². The van der Waals surface area contributed by atoms with Gasteiger partial charge < -0.3 is 10.6 Å². The van der Waals surface area contributed by atoms with Crippen molar-refractivity contribution in [3.63, 3.8) is 0 Å². The first-order valence-corrected chi connectivity index (χ1v) is 12.0. The molecule has 0 radical (unpaired) electrons. The Hall–Kier alpha value is -2.71. The highest BCUT2D eigenvalue weighted by Gasteiger charge is 2.25. The average Bonchev–Trinajstić information content (AvgIpc) is 3.13. The molecule has 1 aromatic heterocycles. The molecule has 0 atom stereocenters. The number of thioether (sulfide) groups is 1. The van der Waals surface area contributed by atoms with Gasteiger partial charge in [0.15, 0.2) is 0 Å². The molecule has 2 heterocycles. The van der Waals surface area contributed by atoms with Gasteiger partial charge in [-0.1, -0.05) is 30.3 Å². The highest BCUT2D eigenvalue weighted by atomic mass is 32.2. The summed E-state index contributed by atoms with van der Waals surface area (Å²) < 4.78 is 0. The number of carbonyl (C=O) groups is 2. The zero-order valence-electron chi connectivity index (χ0n) is 18.0. The third-order valence-electron chi connectivity index (χ3n) is 5.98. The summed E-state index contributed by atoms with van der Waals surface area (Å²) in [4.78, 5) is 32.1. The molecular weight excluding hydrogens is 422 g/mol. The second-order valence-electron chi connectivity index (χ2n) is 8.36. The molecule has 168 valence electrons. The Morgan fingerprint density at radius 3 is 2.50 bits per heavy atom. The smallest absolute Gasteiger partial charge is 0.290 e. The van der Waals surface area contributed by atoms with Gasteiger partial charge in [0.05, 0.1) is 10.6 Å². The van der Waals surface area contributed by atoms with Crippen LogP contribution in [0.1, 0.15) is 36.9 Å². The first-order chi connectivity index (χ1) is 15.7. The predicted octanol–water partition coefficient (Wildman–Crippen LogP) is 3.85. The third-order valence-corrected chi connectivity index (χ3v) is 6.79. The van der Waals surface area contributed by atoms with Gasteiger partial charge in [0.2, 0.25) is 5.95 Å². The topological polar surface area (TPSA) is 96.0 Å². The van der Waals surface area contributed by atoms with E-state index in [-0.39, 0.29) is 11.1 Å². The second-order valence-corrected chi connectivity index (χ2v) is 9.38. The lowest BCUT2D eigenvalue weighted by Crippen LogP contribution is -2.29. The summed E-state index contributed by atoms with van der Waals surface area (Å²) in [6.45, 7) is 2.98. The first kappa shape index (κ1) is 22.5. The minimum Gasteiger partial charge on any atom is -0.354 e. The molecule has 1 aromatic carbocycles. The van der Waals surface area contributed by atoms with Crippen molar-refractivity contribution in [1.82, 2.24) is 20.6 Å². The van der Waals surface area contributed by atoms with Crippen molar-refractivity contribution in [2.24, 2.45) is 11.8 Å². The van der Waals surface area contributed by atoms with E-state index in [0.29, 0.717) is 22.5 Å². The van der Waals surface area contributed by atoms with Crippen molar-refractivity contribution in [3.05, 3.63) is 58.8 Å². The Bertz CT molecular complexity index is 958. The number of rotatable bonds is 9. The molecule has 1 saturated heterocycles. The minimum atomic E-state index is -0.376. The van der Waals surface area contributed by atoms with Crippen LogP contribution in [0, 0.1) is 11.8 Å². The molecule has 2 fully saturated rings. The lowest BCUT2D eigenvalue weighted by molar-refractivity contribution is -0.115. The van der Waals surface area contributed by atoms with E-state index in [1.807, 2.05) is 0 Å².